The second-order valence-electron chi connectivity index (χ2n) is 17.7. The van der Waals surface area contributed by atoms with E-state index < -0.39 is 113 Å². The number of aliphatic hydroxyl groups excluding tert-OH is 8. The van der Waals surface area contributed by atoms with Crippen molar-refractivity contribution in [3.63, 3.8) is 0 Å². The molecule has 1 aliphatic carbocycles. The third kappa shape index (κ3) is 24.1. The van der Waals surface area contributed by atoms with Crippen molar-refractivity contribution in [2.45, 2.75) is 241 Å². The standard InChI is InChI=1S/C47H85O18P/c1-3-5-7-9-11-13-15-16-17-18-20-21-23-25-27-29-36(49)60-32-34(62-37(50)30-28-26-24-22-19-14-12-10-8-6-4-2)33-61-66(58,59)65-46-43(56)41(54)40(53)42(55)45(46)64-47-44(57)39(52)38(51)35(31-48)63-47/h11,13,16-17,34-35,38-48,51-57H,3-10,12,14-15,18-33H2,1-2H3,(H,58,59)/b13-11-,17-16-/t34-,35?,38-,39?,40-,41?,42?,43?,44-,45-,46-,47-/m1/s1. The molecule has 9 N–H and O–H groups in total. The van der Waals surface area contributed by atoms with Crippen molar-refractivity contribution in [1.82, 2.24) is 0 Å². The Morgan fingerprint density at radius 1 is 0.576 bits per heavy atom. The van der Waals surface area contributed by atoms with Gasteiger partial charge in [0.25, 0.3) is 0 Å². The average molecular weight is 969 g/mol. The molecule has 6 unspecified atom stereocenters. The molecule has 19 heteroatoms. The number of hydrogen-bond acceptors (Lipinski definition) is 17. The van der Waals surface area contributed by atoms with Gasteiger partial charge in [-0.15, -0.1) is 0 Å². The van der Waals surface area contributed by atoms with Crippen molar-refractivity contribution < 1.29 is 87.9 Å². The number of phosphoric acid groups is 1. The molecule has 0 aromatic carbocycles. The third-order valence-electron chi connectivity index (χ3n) is 11.9. The number of allylic oxidation sites excluding steroid dienone is 4. The van der Waals surface area contributed by atoms with Crippen LogP contribution in [0, 0.1) is 0 Å². The molecule has 2 aliphatic rings. The SMILES string of the molecule is CCCCC/C=C\C/C=C\CCCCCCCC(=O)OC[C@H](COP(=O)(O)O[C@@H]1C(O)C(O)[C@@H](O)C(O)[C@H]1O[C@H]1OC(CO)[C@@H](O)C(O)[C@H]1O)OC(=O)CCCCCCCCCCCCC. The number of unbranched alkanes of at least 4 members (excludes halogenated alkanes) is 18. The van der Waals surface area contributed by atoms with Crippen LogP contribution in [0.15, 0.2) is 24.3 Å². The molecule has 18 nitrogen and oxygen atoms in total. The lowest BCUT2D eigenvalue weighted by molar-refractivity contribution is -0.338. The molecule has 1 heterocycles. The van der Waals surface area contributed by atoms with Gasteiger partial charge in [0.05, 0.1) is 13.2 Å². The molecule has 0 bridgehead atoms. The van der Waals surface area contributed by atoms with Gasteiger partial charge in [-0.05, 0) is 44.9 Å². The van der Waals surface area contributed by atoms with Crippen molar-refractivity contribution in [2.75, 3.05) is 19.8 Å². The van der Waals surface area contributed by atoms with E-state index in [1.165, 1.54) is 57.8 Å². The van der Waals surface area contributed by atoms with Gasteiger partial charge in [-0.2, -0.15) is 0 Å². The van der Waals surface area contributed by atoms with Gasteiger partial charge in [0.1, 0.15) is 67.6 Å². The summed E-state index contributed by atoms with van der Waals surface area (Å²) in [5.74, 6) is -1.23. The van der Waals surface area contributed by atoms with Gasteiger partial charge in [0.2, 0.25) is 0 Å². The van der Waals surface area contributed by atoms with E-state index in [-0.39, 0.29) is 12.8 Å². The summed E-state index contributed by atoms with van der Waals surface area (Å²) in [5.41, 5.74) is 0. The van der Waals surface area contributed by atoms with E-state index in [0.29, 0.717) is 12.8 Å². The first-order chi connectivity index (χ1) is 31.7. The zero-order valence-corrected chi connectivity index (χ0v) is 40.4. The quantitative estimate of drug-likeness (QED) is 0.0169. The topological polar surface area (TPSA) is 289 Å². The van der Waals surface area contributed by atoms with Crippen molar-refractivity contribution in [2.24, 2.45) is 0 Å². The summed E-state index contributed by atoms with van der Waals surface area (Å²) in [7, 11) is -5.37. The Kier molecular flexibility index (Phi) is 32.2. The Bertz CT molecular complexity index is 1380. The summed E-state index contributed by atoms with van der Waals surface area (Å²) >= 11 is 0. The predicted molar refractivity (Wildman–Crippen MR) is 245 cm³/mol. The summed E-state index contributed by atoms with van der Waals surface area (Å²) < 4.78 is 45.4. The zero-order valence-electron chi connectivity index (χ0n) is 39.5. The lowest BCUT2D eigenvalue weighted by Gasteiger charge is -2.47. The van der Waals surface area contributed by atoms with E-state index in [1.54, 1.807) is 0 Å². The van der Waals surface area contributed by atoms with Crippen molar-refractivity contribution in [3.05, 3.63) is 24.3 Å². The average Bonchev–Trinajstić information content (AvgIpc) is 3.29. The number of carbonyl (C=O) groups excluding carboxylic acids is 2. The number of rotatable bonds is 37. The zero-order chi connectivity index (χ0) is 48.7. The summed E-state index contributed by atoms with van der Waals surface area (Å²) in [6.45, 7) is 2.17. The Morgan fingerprint density at radius 3 is 1.61 bits per heavy atom. The molecule has 66 heavy (non-hydrogen) atoms. The van der Waals surface area contributed by atoms with Gasteiger partial charge >= 0.3 is 19.8 Å². The van der Waals surface area contributed by atoms with Crippen LogP contribution in [0.4, 0.5) is 0 Å². The van der Waals surface area contributed by atoms with Crippen LogP contribution in [0.5, 0.6) is 0 Å². The molecule has 2 rings (SSSR count). The first kappa shape index (κ1) is 60.3. The smallest absolute Gasteiger partial charge is 0.462 e. The fraction of sp³-hybridized carbons (Fsp3) is 0.872. The van der Waals surface area contributed by atoms with Gasteiger partial charge in [-0.1, -0.05) is 134 Å². The number of carbonyl (C=O) groups is 2. The predicted octanol–water partition coefficient (Wildman–Crippen LogP) is 5.10. The molecule has 13 atom stereocenters. The van der Waals surface area contributed by atoms with E-state index in [9.17, 15) is 59.9 Å². The van der Waals surface area contributed by atoms with E-state index >= 15 is 0 Å². The molecular weight excluding hydrogens is 883 g/mol. The molecule has 1 saturated heterocycles. The van der Waals surface area contributed by atoms with E-state index in [0.717, 1.165) is 70.6 Å². The first-order valence-corrected chi connectivity index (χ1v) is 26.2. The van der Waals surface area contributed by atoms with Crippen LogP contribution in [-0.2, 0) is 42.1 Å². The van der Waals surface area contributed by atoms with Crippen LogP contribution >= 0.6 is 7.82 Å². The number of hydrogen-bond donors (Lipinski definition) is 9. The van der Waals surface area contributed by atoms with Crippen molar-refractivity contribution in [1.29, 1.82) is 0 Å². The second-order valence-corrected chi connectivity index (χ2v) is 19.1. The number of esters is 2. The summed E-state index contributed by atoms with van der Waals surface area (Å²) in [6.07, 6.45) is 8.44. The van der Waals surface area contributed by atoms with Crippen LogP contribution in [0.25, 0.3) is 0 Å². The number of ether oxygens (including phenoxy) is 4. The molecule has 1 aliphatic heterocycles. The lowest BCUT2D eigenvalue weighted by Crippen LogP contribution is -2.67. The minimum atomic E-state index is -5.37. The molecule has 0 aromatic rings. The van der Waals surface area contributed by atoms with E-state index in [4.69, 9.17) is 28.0 Å². The monoisotopic (exact) mass is 969 g/mol. The van der Waals surface area contributed by atoms with Crippen molar-refractivity contribution in [3.8, 4) is 0 Å². The maximum Gasteiger partial charge on any atom is 0.472 e. The van der Waals surface area contributed by atoms with Crippen LogP contribution in [0.1, 0.15) is 168 Å². The largest absolute Gasteiger partial charge is 0.472 e. The molecule has 0 radical (unpaired) electrons. The van der Waals surface area contributed by atoms with Gasteiger partial charge in [-0.25, -0.2) is 4.57 Å². The van der Waals surface area contributed by atoms with Gasteiger partial charge in [0, 0.05) is 12.8 Å². The number of aliphatic hydroxyl groups is 8. The Morgan fingerprint density at radius 2 is 1.05 bits per heavy atom. The lowest BCUT2D eigenvalue weighted by atomic mass is 9.84. The van der Waals surface area contributed by atoms with E-state index in [1.807, 2.05) is 0 Å². The van der Waals surface area contributed by atoms with Gasteiger partial charge in [0.15, 0.2) is 12.4 Å². The molecule has 2 fully saturated rings. The highest BCUT2D eigenvalue weighted by molar-refractivity contribution is 7.47. The highest BCUT2D eigenvalue weighted by atomic mass is 31.2. The van der Waals surface area contributed by atoms with E-state index in [2.05, 4.69) is 38.2 Å². The maximum absolute atomic E-state index is 13.4. The molecule has 386 valence electrons. The molecule has 0 aromatic heterocycles. The molecule has 0 spiro atoms. The highest BCUT2D eigenvalue weighted by Gasteiger charge is 2.55. The summed E-state index contributed by atoms with van der Waals surface area (Å²) in [5, 5.41) is 82.8. The Hall–Kier alpha value is -1.87. The third-order valence-corrected chi connectivity index (χ3v) is 12.9. The van der Waals surface area contributed by atoms with Gasteiger partial charge < -0.3 is 64.7 Å². The number of phosphoric ester groups is 1. The van der Waals surface area contributed by atoms with Gasteiger partial charge in [-0.3, -0.25) is 18.6 Å². The molecular formula is C47H85O18P. The minimum absolute atomic E-state index is 0.0318. The highest BCUT2D eigenvalue weighted by Crippen LogP contribution is 2.48. The first-order valence-electron chi connectivity index (χ1n) is 24.7. The Labute approximate surface area is 392 Å². The van der Waals surface area contributed by atoms with Crippen LogP contribution in [-0.4, -0.2) is 151 Å². The fourth-order valence-electron chi connectivity index (χ4n) is 7.79. The normalized spacial score (nSPS) is 28.4. The maximum atomic E-state index is 13.4. The van der Waals surface area contributed by atoms with Crippen LogP contribution in [0.2, 0.25) is 0 Å². The summed E-state index contributed by atoms with van der Waals surface area (Å²) in [6, 6.07) is 0. The molecule has 0 amide bonds. The minimum Gasteiger partial charge on any atom is -0.462 e. The summed E-state index contributed by atoms with van der Waals surface area (Å²) in [4.78, 5) is 36.4. The van der Waals surface area contributed by atoms with Crippen molar-refractivity contribution >= 4 is 19.8 Å². The van der Waals surface area contributed by atoms with Crippen LogP contribution < -0.4 is 0 Å². The Balaban J connectivity index is 1.96. The second kappa shape index (κ2) is 35.3. The molecule has 1 saturated carbocycles. The van der Waals surface area contributed by atoms with Crippen LogP contribution in [0.3, 0.4) is 0 Å². The fourth-order valence-corrected chi connectivity index (χ4v) is 8.76.